The highest BCUT2D eigenvalue weighted by Crippen LogP contribution is 2.33. The van der Waals surface area contributed by atoms with E-state index >= 15 is 0 Å². The Morgan fingerprint density at radius 3 is 2.31 bits per heavy atom. The van der Waals surface area contributed by atoms with E-state index in [0.717, 1.165) is 11.3 Å². The number of nitrogens with zero attached hydrogens (tertiary/aromatic N) is 3. The second-order valence-corrected chi connectivity index (χ2v) is 12.1. The molecule has 0 aliphatic carbocycles. The number of aromatic nitrogens is 2. The molecule has 0 bridgehead atoms. The topological polar surface area (TPSA) is 73.7 Å². The van der Waals surface area contributed by atoms with Crippen LogP contribution in [-0.4, -0.2) is 57.7 Å². The SMILES string of the molecule is CCC(Sc1nc(C)c(Cc2ccc(C(C)(C)C)cc2)c(=O)n1C)C(=O)N1CCC2(CC1)OCCO2. The summed E-state index contributed by atoms with van der Waals surface area (Å²) in [4.78, 5) is 33.3. The van der Waals surface area contributed by atoms with Gasteiger partial charge in [0.2, 0.25) is 5.91 Å². The number of likely N-dealkylation sites (tertiary alicyclic amines) is 1. The van der Waals surface area contributed by atoms with Crippen molar-refractivity contribution in [1.82, 2.24) is 14.5 Å². The summed E-state index contributed by atoms with van der Waals surface area (Å²) in [5, 5.41) is 0.290. The molecule has 2 saturated heterocycles. The number of carbonyl (C=O) groups is 1. The lowest BCUT2D eigenvalue weighted by Crippen LogP contribution is -2.49. The third kappa shape index (κ3) is 5.71. The van der Waals surface area contributed by atoms with Gasteiger partial charge < -0.3 is 14.4 Å². The number of thioether (sulfide) groups is 1. The average Bonchev–Trinajstić information content (AvgIpc) is 3.30. The van der Waals surface area contributed by atoms with Gasteiger partial charge in [0.25, 0.3) is 5.56 Å². The molecule has 3 heterocycles. The summed E-state index contributed by atoms with van der Waals surface area (Å²) in [5.41, 5.74) is 3.81. The minimum Gasteiger partial charge on any atom is -0.347 e. The van der Waals surface area contributed by atoms with Crippen LogP contribution in [0.3, 0.4) is 0 Å². The van der Waals surface area contributed by atoms with Gasteiger partial charge >= 0.3 is 0 Å². The lowest BCUT2D eigenvalue weighted by atomic mass is 9.86. The molecule has 2 fully saturated rings. The maximum absolute atomic E-state index is 13.3. The van der Waals surface area contributed by atoms with E-state index in [-0.39, 0.29) is 22.1 Å². The maximum atomic E-state index is 13.3. The van der Waals surface area contributed by atoms with E-state index in [1.807, 2.05) is 18.7 Å². The maximum Gasteiger partial charge on any atom is 0.257 e. The molecule has 2 aromatic rings. The monoisotopic (exact) mass is 513 g/mol. The third-order valence-corrected chi connectivity index (χ3v) is 8.69. The number of rotatable bonds is 6. The van der Waals surface area contributed by atoms with E-state index in [1.165, 1.54) is 17.3 Å². The number of benzene rings is 1. The van der Waals surface area contributed by atoms with Crippen LogP contribution in [-0.2, 0) is 33.2 Å². The van der Waals surface area contributed by atoms with Crippen molar-refractivity contribution in [2.75, 3.05) is 26.3 Å². The minimum absolute atomic E-state index is 0.0531. The van der Waals surface area contributed by atoms with Gasteiger partial charge in [-0.15, -0.1) is 0 Å². The number of hydrogen-bond acceptors (Lipinski definition) is 6. The molecule has 1 unspecified atom stereocenters. The normalized spacial score (nSPS) is 18.6. The molecular formula is C28H39N3O4S. The fourth-order valence-corrected chi connectivity index (χ4v) is 5.96. The first-order chi connectivity index (χ1) is 17.0. The van der Waals surface area contributed by atoms with Gasteiger partial charge in [0.15, 0.2) is 10.9 Å². The summed E-state index contributed by atoms with van der Waals surface area (Å²) in [6.45, 7) is 13.0. The second-order valence-electron chi connectivity index (χ2n) is 10.9. The quantitative estimate of drug-likeness (QED) is 0.426. The first-order valence-corrected chi connectivity index (χ1v) is 13.8. The van der Waals surface area contributed by atoms with Crippen molar-refractivity contribution in [2.45, 2.75) is 81.9 Å². The van der Waals surface area contributed by atoms with Crippen molar-refractivity contribution in [3.63, 3.8) is 0 Å². The highest BCUT2D eigenvalue weighted by Gasteiger charge is 2.41. The summed E-state index contributed by atoms with van der Waals surface area (Å²) in [5.74, 6) is -0.415. The molecule has 1 atom stereocenters. The Bertz CT molecular complexity index is 1140. The number of hydrogen-bond donors (Lipinski definition) is 0. The van der Waals surface area contributed by atoms with Gasteiger partial charge in [0, 0.05) is 50.7 Å². The van der Waals surface area contributed by atoms with Crippen molar-refractivity contribution in [3.8, 4) is 0 Å². The van der Waals surface area contributed by atoms with Gasteiger partial charge in [0.1, 0.15) is 0 Å². The Balaban J connectivity index is 1.46. The Hall–Kier alpha value is -2.16. The van der Waals surface area contributed by atoms with E-state index in [2.05, 4.69) is 45.0 Å². The van der Waals surface area contributed by atoms with Crippen LogP contribution in [0.15, 0.2) is 34.2 Å². The fraction of sp³-hybridized carbons (Fsp3) is 0.607. The van der Waals surface area contributed by atoms with Crippen molar-refractivity contribution in [3.05, 3.63) is 57.0 Å². The summed E-state index contributed by atoms with van der Waals surface area (Å²) >= 11 is 1.39. The molecule has 8 heteroatoms. The van der Waals surface area contributed by atoms with Crippen LogP contribution in [0.25, 0.3) is 0 Å². The van der Waals surface area contributed by atoms with E-state index < -0.39 is 5.79 Å². The van der Waals surface area contributed by atoms with Gasteiger partial charge in [-0.05, 0) is 29.9 Å². The first-order valence-electron chi connectivity index (χ1n) is 12.9. The van der Waals surface area contributed by atoms with Crippen molar-refractivity contribution < 1.29 is 14.3 Å². The molecule has 0 saturated carbocycles. The standard InChI is InChI=1S/C28H39N3O4S/c1-7-23(25(33)31-14-12-28(13-15-31)34-16-17-35-28)36-26-29-19(2)22(24(32)30(26)6)18-20-8-10-21(11-9-20)27(3,4)5/h8-11,23H,7,12-18H2,1-6H3. The molecule has 7 nitrogen and oxygen atoms in total. The van der Waals surface area contributed by atoms with Crippen LogP contribution in [0.1, 0.15) is 69.3 Å². The number of carbonyl (C=O) groups excluding carboxylic acids is 1. The molecule has 2 aliphatic heterocycles. The molecule has 0 N–H and O–H groups in total. The van der Waals surface area contributed by atoms with E-state index in [9.17, 15) is 9.59 Å². The van der Waals surface area contributed by atoms with Crippen LogP contribution in [0.5, 0.6) is 0 Å². The van der Waals surface area contributed by atoms with Crippen LogP contribution in [0.4, 0.5) is 0 Å². The van der Waals surface area contributed by atoms with Crippen LogP contribution < -0.4 is 5.56 Å². The molecule has 1 amide bonds. The molecule has 196 valence electrons. The molecular weight excluding hydrogens is 474 g/mol. The summed E-state index contributed by atoms with van der Waals surface area (Å²) in [7, 11) is 1.75. The second kappa shape index (κ2) is 10.7. The van der Waals surface area contributed by atoms with Crippen LogP contribution in [0, 0.1) is 6.92 Å². The highest BCUT2D eigenvalue weighted by atomic mass is 32.2. The van der Waals surface area contributed by atoms with Crippen molar-refractivity contribution >= 4 is 17.7 Å². The number of aryl methyl sites for hydroxylation is 1. The molecule has 1 aromatic heterocycles. The zero-order valence-electron chi connectivity index (χ0n) is 22.4. The molecule has 1 aromatic carbocycles. The molecule has 4 rings (SSSR count). The van der Waals surface area contributed by atoms with Crippen molar-refractivity contribution in [2.24, 2.45) is 7.05 Å². The first kappa shape index (κ1) is 26.9. The number of ether oxygens (including phenoxy) is 2. The predicted octanol–water partition coefficient (Wildman–Crippen LogP) is 4.21. The Labute approximate surface area is 218 Å². The van der Waals surface area contributed by atoms with Gasteiger partial charge in [-0.25, -0.2) is 4.98 Å². The van der Waals surface area contributed by atoms with E-state index in [1.54, 1.807) is 11.6 Å². The van der Waals surface area contributed by atoms with Crippen LogP contribution >= 0.6 is 11.8 Å². The average molecular weight is 514 g/mol. The predicted molar refractivity (Wildman–Crippen MR) is 143 cm³/mol. The molecule has 0 radical (unpaired) electrons. The molecule has 2 aliphatic rings. The summed E-state index contributed by atoms with van der Waals surface area (Å²) in [6.07, 6.45) is 2.59. The van der Waals surface area contributed by atoms with Gasteiger partial charge in [-0.2, -0.15) is 0 Å². The zero-order valence-corrected chi connectivity index (χ0v) is 23.2. The number of piperidine rings is 1. The van der Waals surface area contributed by atoms with Gasteiger partial charge in [0.05, 0.1) is 18.5 Å². The lowest BCUT2D eigenvalue weighted by Gasteiger charge is -2.38. The summed E-state index contributed by atoms with van der Waals surface area (Å²) < 4.78 is 13.2. The Kier molecular flexibility index (Phi) is 7.98. The van der Waals surface area contributed by atoms with E-state index in [0.29, 0.717) is 62.7 Å². The Morgan fingerprint density at radius 1 is 1.14 bits per heavy atom. The largest absolute Gasteiger partial charge is 0.347 e. The van der Waals surface area contributed by atoms with Gasteiger partial charge in [-0.3, -0.25) is 14.2 Å². The lowest BCUT2D eigenvalue weighted by molar-refractivity contribution is -0.187. The molecule has 1 spiro atoms. The Morgan fingerprint density at radius 2 is 1.75 bits per heavy atom. The molecule has 36 heavy (non-hydrogen) atoms. The van der Waals surface area contributed by atoms with E-state index in [4.69, 9.17) is 14.5 Å². The van der Waals surface area contributed by atoms with Crippen molar-refractivity contribution in [1.29, 1.82) is 0 Å². The third-order valence-electron chi connectivity index (χ3n) is 7.30. The number of amides is 1. The fourth-order valence-electron chi connectivity index (χ4n) is 4.86. The summed E-state index contributed by atoms with van der Waals surface area (Å²) in [6, 6.07) is 8.46. The van der Waals surface area contributed by atoms with Crippen LogP contribution in [0.2, 0.25) is 0 Å². The smallest absolute Gasteiger partial charge is 0.257 e. The zero-order chi connectivity index (χ0) is 26.1. The highest BCUT2D eigenvalue weighted by molar-refractivity contribution is 8.00. The minimum atomic E-state index is -0.503. The van der Waals surface area contributed by atoms with Gasteiger partial charge in [-0.1, -0.05) is 63.7 Å².